The molecule has 0 amide bonds. The van der Waals surface area contributed by atoms with Crippen molar-refractivity contribution in [3.05, 3.63) is 18.2 Å². The Kier molecular flexibility index (Phi) is 3.87. The minimum Gasteiger partial charge on any atom is -0.338 e. The maximum absolute atomic E-state index is 4.38. The van der Waals surface area contributed by atoms with Crippen LogP contribution in [0.4, 0.5) is 0 Å². The molecule has 0 radical (unpaired) electrons. The number of hydrogen-bond acceptors (Lipinski definition) is 2. The molecule has 2 rings (SSSR count). The molecule has 0 aliphatic heterocycles. The maximum Gasteiger partial charge on any atom is 0.108 e. The van der Waals surface area contributed by atoms with Crippen LogP contribution in [0.2, 0.25) is 0 Å². The zero-order chi connectivity index (χ0) is 12.3. The number of rotatable bonds is 7. The van der Waals surface area contributed by atoms with Gasteiger partial charge in [0, 0.05) is 31.9 Å². The smallest absolute Gasteiger partial charge is 0.108 e. The van der Waals surface area contributed by atoms with Gasteiger partial charge in [-0.1, -0.05) is 13.8 Å². The number of hydrogen-bond donors (Lipinski definition) is 1. The van der Waals surface area contributed by atoms with Crippen molar-refractivity contribution in [2.75, 3.05) is 6.54 Å². The van der Waals surface area contributed by atoms with Gasteiger partial charge in [-0.05, 0) is 37.6 Å². The van der Waals surface area contributed by atoms with E-state index in [1.807, 2.05) is 12.4 Å². The van der Waals surface area contributed by atoms with Gasteiger partial charge in [0.25, 0.3) is 0 Å². The van der Waals surface area contributed by atoms with E-state index in [0.29, 0.717) is 5.41 Å². The molecular formula is C14H25N3. The first-order valence-corrected chi connectivity index (χ1v) is 6.76. The van der Waals surface area contributed by atoms with Gasteiger partial charge in [-0.15, -0.1) is 0 Å². The fraction of sp³-hybridized carbons (Fsp3) is 0.786. The number of aryl methyl sites for hydroxylation is 2. The first-order chi connectivity index (χ1) is 8.07. The summed E-state index contributed by atoms with van der Waals surface area (Å²) >= 11 is 0. The molecule has 96 valence electrons. The van der Waals surface area contributed by atoms with Crippen LogP contribution in [0.3, 0.4) is 0 Å². The second kappa shape index (κ2) is 5.21. The zero-order valence-electron chi connectivity index (χ0n) is 11.4. The molecule has 3 nitrogen and oxygen atoms in total. The van der Waals surface area contributed by atoms with Gasteiger partial charge in [-0.2, -0.15) is 0 Å². The topological polar surface area (TPSA) is 29.9 Å². The molecule has 0 atom stereocenters. The molecule has 1 saturated carbocycles. The average Bonchev–Trinajstić information content (AvgIpc) is 2.98. The lowest BCUT2D eigenvalue weighted by Crippen LogP contribution is -2.24. The first-order valence-electron chi connectivity index (χ1n) is 6.76. The van der Waals surface area contributed by atoms with E-state index in [9.17, 15) is 0 Å². The maximum atomic E-state index is 4.38. The van der Waals surface area contributed by atoms with Crippen LogP contribution in [0.15, 0.2) is 12.4 Å². The lowest BCUT2D eigenvalue weighted by atomic mass is 9.84. The summed E-state index contributed by atoms with van der Waals surface area (Å²) in [6, 6.07) is 0.834. The molecule has 0 saturated heterocycles. The highest BCUT2D eigenvalue weighted by Crippen LogP contribution is 2.27. The van der Waals surface area contributed by atoms with E-state index < -0.39 is 0 Å². The van der Waals surface area contributed by atoms with E-state index in [1.165, 1.54) is 31.5 Å². The van der Waals surface area contributed by atoms with E-state index in [-0.39, 0.29) is 0 Å². The Bertz CT molecular complexity index is 350. The lowest BCUT2D eigenvalue weighted by molar-refractivity contribution is 0.298. The molecule has 1 aromatic rings. The summed E-state index contributed by atoms with van der Waals surface area (Å²) in [5, 5.41) is 3.60. The minimum absolute atomic E-state index is 0.411. The molecule has 1 aliphatic rings. The van der Waals surface area contributed by atoms with Crippen LogP contribution in [0.1, 0.15) is 45.4 Å². The fourth-order valence-electron chi connectivity index (χ4n) is 2.11. The highest BCUT2D eigenvalue weighted by atomic mass is 15.0. The van der Waals surface area contributed by atoms with E-state index in [2.05, 4.69) is 35.8 Å². The van der Waals surface area contributed by atoms with E-state index in [1.54, 1.807) is 0 Å². The van der Waals surface area contributed by atoms with Crippen LogP contribution >= 0.6 is 0 Å². The van der Waals surface area contributed by atoms with Crippen molar-refractivity contribution in [3.8, 4) is 0 Å². The van der Waals surface area contributed by atoms with Crippen molar-refractivity contribution in [2.45, 2.75) is 52.0 Å². The Labute approximate surface area is 105 Å². The Morgan fingerprint density at radius 1 is 1.41 bits per heavy atom. The molecule has 1 aliphatic carbocycles. The second-order valence-electron chi connectivity index (χ2n) is 6.10. The molecule has 0 bridgehead atoms. The number of nitrogens with one attached hydrogen (secondary N) is 1. The Morgan fingerprint density at radius 3 is 2.76 bits per heavy atom. The fourth-order valence-corrected chi connectivity index (χ4v) is 2.11. The van der Waals surface area contributed by atoms with Crippen LogP contribution in [0.5, 0.6) is 0 Å². The van der Waals surface area contributed by atoms with Crippen molar-refractivity contribution < 1.29 is 0 Å². The predicted molar refractivity (Wildman–Crippen MR) is 71.0 cm³/mol. The lowest BCUT2D eigenvalue weighted by Gasteiger charge is -2.24. The number of nitrogens with zero attached hydrogens (tertiary/aromatic N) is 2. The highest BCUT2D eigenvalue weighted by molar-refractivity contribution is 4.92. The van der Waals surface area contributed by atoms with Crippen LogP contribution < -0.4 is 5.32 Å². The largest absolute Gasteiger partial charge is 0.338 e. The van der Waals surface area contributed by atoms with E-state index >= 15 is 0 Å². The SMILES string of the molecule is Cn1ccnc1CCC(C)(C)CCNC1CC1. The third kappa shape index (κ3) is 4.15. The summed E-state index contributed by atoms with van der Waals surface area (Å²) in [7, 11) is 2.07. The minimum atomic E-state index is 0.411. The van der Waals surface area contributed by atoms with Crippen molar-refractivity contribution in [3.63, 3.8) is 0 Å². The molecule has 1 heterocycles. The molecule has 1 N–H and O–H groups in total. The highest BCUT2D eigenvalue weighted by Gasteiger charge is 2.23. The first kappa shape index (κ1) is 12.6. The van der Waals surface area contributed by atoms with Gasteiger partial charge in [0.05, 0.1) is 0 Å². The summed E-state index contributed by atoms with van der Waals surface area (Å²) < 4.78 is 2.12. The summed E-state index contributed by atoms with van der Waals surface area (Å²) in [5.41, 5.74) is 0.411. The third-order valence-electron chi connectivity index (χ3n) is 3.76. The molecule has 17 heavy (non-hydrogen) atoms. The van der Waals surface area contributed by atoms with E-state index in [4.69, 9.17) is 0 Å². The third-order valence-corrected chi connectivity index (χ3v) is 3.76. The molecule has 3 heteroatoms. The molecular weight excluding hydrogens is 210 g/mol. The van der Waals surface area contributed by atoms with Crippen LogP contribution in [0.25, 0.3) is 0 Å². The molecule has 0 aromatic carbocycles. The Morgan fingerprint density at radius 2 is 2.18 bits per heavy atom. The van der Waals surface area contributed by atoms with Gasteiger partial charge in [0.1, 0.15) is 5.82 Å². The summed E-state index contributed by atoms with van der Waals surface area (Å²) in [4.78, 5) is 4.38. The van der Waals surface area contributed by atoms with Crippen molar-refractivity contribution in [2.24, 2.45) is 12.5 Å². The normalized spacial score (nSPS) is 16.4. The van der Waals surface area contributed by atoms with Gasteiger partial charge in [-0.3, -0.25) is 0 Å². The van der Waals surface area contributed by atoms with Gasteiger partial charge in [0.15, 0.2) is 0 Å². The molecule has 1 fully saturated rings. The monoisotopic (exact) mass is 235 g/mol. The Hall–Kier alpha value is -0.830. The summed E-state index contributed by atoms with van der Waals surface area (Å²) in [5.74, 6) is 1.20. The van der Waals surface area contributed by atoms with Crippen LogP contribution in [-0.2, 0) is 13.5 Å². The van der Waals surface area contributed by atoms with Crippen LogP contribution in [-0.4, -0.2) is 22.1 Å². The van der Waals surface area contributed by atoms with Gasteiger partial charge < -0.3 is 9.88 Å². The van der Waals surface area contributed by atoms with Gasteiger partial charge >= 0.3 is 0 Å². The second-order valence-corrected chi connectivity index (χ2v) is 6.10. The summed E-state index contributed by atoms with van der Waals surface area (Å²) in [6.45, 7) is 5.90. The molecule has 0 spiro atoms. The van der Waals surface area contributed by atoms with Crippen LogP contribution in [0, 0.1) is 5.41 Å². The average molecular weight is 235 g/mol. The van der Waals surface area contributed by atoms with Gasteiger partial charge in [-0.25, -0.2) is 4.98 Å². The predicted octanol–water partition coefficient (Wildman–Crippen LogP) is 2.52. The molecule has 0 unspecified atom stereocenters. The standard InChI is InChI=1S/C14H25N3/c1-14(2,8-9-15-12-4-5-12)7-6-13-16-10-11-17(13)3/h10-12,15H,4-9H2,1-3H3. The quantitative estimate of drug-likeness (QED) is 0.787. The Balaban J connectivity index is 1.70. The number of aromatic nitrogens is 2. The summed E-state index contributed by atoms with van der Waals surface area (Å²) in [6.07, 6.45) is 10.2. The van der Waals surface area contributed by atoms with E-state index in [0.717, 1.165) is 19.0 Å². The van der Waals surface area contributed by atoms with Crippen molar-refractivity contribution in [1.82, 2.24) is 14.9 Å². The van der Waals surface area contributed by atoms with Crippen molar-refractivity contribution >= 4 is 0 Å². The molecule has 1 aromatic heterocycles. The van der Waals surface area contributed by atoms with Crippen molar-refractivity contribution in [1.29, 1.82) is 0 Å². The zero-order valence-corrected chi connectivity index (χ0v) is 11.4. The van der Waals surface area contributed by atoms with Gasteiger partial charge in [0.2, 0.25) is 0 Å². The number of imidazole rings is 1.